The number of hydrogen-bond acceptors (Lipinski definition) is 4. The zero-order chi connectivity index (χ0) is 15.9. The van der Waals surface area contributed by atoms with Gasteiger partial charge in [-0.3, -0.25) is 4.79 Å². The van der Waals surface area contributed by atoms with Crippen molar-refractivity contribution in [2.75, 3.05) is 7.11 Å². The van der Waals surface area contributed by atoms with Crippen molar-refractivity contribution in [2.45, 2.75) is 52.1 Å². The summed E-state index contributed by atoms with van der Waals surface area (Å²) in [6, 6.07) is -1.58. The highest BCUT2D eigenvalue weighted by Crippen LogP contribution is 2.15. The van der Waals surface area contributed by atoms with E-state index in [4.69, 9.17) is 10.5 Å². The van der Waals surface area contributed by atoms with Gasteiger partial charge in [0.15, 0.2) is 0 Å². The van der Waals surface area contributed by atoms with Crippen molar-refractivity contribution in [3.05, 3.63) is 0 Å². The van der Waals surface area contributed by atoms with E-state index >= 15 is 0 Å². The first-order valence-electron chi connectivity index (χ1n) is 6.64. The number of nitrogens with one attached hydrogen (secondary N) is 2. The van der Waals surface area contributed by atoms with Crippen molar-refractivity contribution < 1.29 is 19.1 Å². The van der Waals surface area contributed by atoms with Crippen LogP contribution >= 0.6 is 0 Å². The van der Waals surface area contributed by atoms with Crippen LogP contribution in [0.1, 0.15) is 40.5 Å². The highest BCUT2D eigenvalue weighted by Gasteiger charge is 2.37. The third-order valence-corrected chi connectivity index (χ3v) is 3.03. The zero-order valence-electron chi connectivity index (χ0n) is 12.8. The van der Waals surface area contributed by atoms with Crippen molar-refractivity contribution >= 4 is 17.9 Å². The first kappa shape index (κ1) is 18.2. The second kappa shape index (κ2) is 7.72. The highest BCUT2D eigenvalue weighted by atomic mass is 16.5. The molecule has 7 nitrogen and oxygen atoms in total. The van der Waals surface area contributed by atoms with Gasteiger partial charge in [0, 0.05) is 0 Å². The van der Waals surface area contributed by atoms with Crippen LogP contribution in [0.25, 0.3) is 0 Å². The summed E-state index contributed by atoms with van der Waals surface area (Å²) in [5, 5.41) is 5.02. The number of primary amides is 1. The summed E-state index contributed by atoms with van der Waals surface area (Å²) in [5.74, 6) is -1.14. The molecule has 2 atom stereocenters. The summed E-state index contributed by atoms with van der Waals surface area (Å²) in [6.07, 6.45) is 1.13. The average Bonchev–Trinajstić information content (AvgIpc) is 2.34. The molecule has 0 fully saturated rings. The minimum Gasteiger partial charge on any atom is -0.467 e. The summed E-state index contributed by atoms with van der Waals surface area (Å²) in [4.78, 5) is 35.0. The Morgan fingerprint density at radius 3 is 2.20 bits per heavy atom. The number of esters is 1. The SMILES string of the molecule is CCCC(C)(NC(=O)C(NC(N)=O)C(C)C)C(=O)OC. The molecule has 0 heterocycles. The summed E-state index contributed by atoms with van der Waals surface area (Å²) in [6.45, 7) is 7.04. The van der Waals surface area contributed by atoms with Gasteiger partial charge in [-0.2, -0.15) is 0 Å². The van der Waals surface area contributed by atoms with Gasteiger partial charge in [-0.05, 0) is 19.3 Å². The van der Waals surface area contributed by atoms with Gasteiger partial charge in [-0.25, -0.2) is 9.59 Å². The summed E-state index contributed by atoms with van der Waals surface area (Å²) < 4.78 is 4.72. The highest BCUT2D eigenvalue weighted by molar-refractivity contribution is 5.92. The van der Waals surface area contributed by atoms with Gasteiger partial charge in [0.25, 0.3) is 0 Å². The van der Waals surface area contributed by atoms with E-state index in [0.29, 0.717) is 12.8 Å². The lowest BCUT2D eigenvalue weighted by Crippen LogP contribution is -2.59. The maximum Gasteiger partial charge on any atom is 0.331 e. The molecule has 7 heteroatoms. The maximum atomic E-state index is 12.2. The molecular formula is C13H25N3O4. The number of amides is 3. The van der Waals surface area contributed by atoms with Crippen LogP contribution in [0, 0.1) is 5.92 Å². The minimum atomic E-state index is -1.12. The van der Waals surface area contributed by atoms with Crippen LogP contribution in [0.15, 0.2) is 0 Å². The number of methoxy groups -OCH3 is 1. The Labute approximate surface area is 119 Å². The van der Waals surface area contributed by atoms with Gasteiger partial charge in [0.05, 0.1) is 7.11 Å². The molecule has 116 valence electrons. The Balaban J connectivity index is 5.05. The third-order valence-electron chi connectivity index (χ3n) is 3.03. The van der Waals surface area contributed by atoms with Crippen LogP contribution in [0.2, 0.25) is 0 Å². The zero-order valence-corrected chi connectivity index (χ0v) is 12.8. The number of nitrogens with two attached hydrogens (primary N) is 1. The Morgan fingerprint density at radius 1 is 1.30 bits per heavy atom. The maximum absolute atomic E-state index is 12.2. The standard InChI is InChI=1S/C13H25N3O4/c1-6-7-13(4,11(18)20-5)16-10(17)9(8(2)3)15-12(14)19/h8-9H,6-7H2,1-5H3,(H,16,17)(H3,14,15,19). The molecule has 0 aliphatic rings. The Kier molecular flexibility index (Phi) is 7.02. The molecule has 4 N–H and O–H groups in total. The van der Waals surface area contributed by atoms with Gasteiger partial charge in [0.1, 0.15) is 11.6 Å². The molecule has 0 aromatic rings. The number of urea groups is 1. The van der Waals surface area contributed by atoms with Crippen molar-refractivity contribution in [1.82, 2.24) is 10.6 Å². The number of ether oxygens (including phenoxy) is 1. The van der Waals surface area contributed by atoms with Crippen LogP contribution < -0.4 is 16.4 Å². The molecule has 0 rings (SSSR count). The summed E-state index contributed by atoms with van der Waals surface area (Å²) in [7, 11) is 1.27. The van der Waals surface area contributed by atoms with Gasteiger partial charge in [-0.15, -0.1) is 0 Å². The molecule has 2 unspecified atom stereocenters. The number of hydrogen-bond donors (Lipinski definition) is 3. The van der Waals surface area contributed by atoms with Crippen LogP contribution in [-0.2, 0) is 14.3 Å². The summed E-state index contributed by atoms with van der Waals surface area (Å²) in [5.41, 5.74) is 3.94. The fourth-order valence-electron chi connectivity index (χ4n) is 1.98. The van der Waals surface area contributed by atoms with Gasteiger partial charge in [0.2, 0.25) is 5.91 Å². The Hall–Kier alpha value is -1.79. The van der Waals surface area contributed by atoms with E-state index in [1.165, 1.54) is 7.11 Å². The van der Waals surface area contributed by atoms with E-state index in [9.17, 15) is 14.4 Å². The third kappa shape index (κ3) is 5.07. The first-order valence-corrected chi connectivity index (χ1v) is 6.64. The molecule has 0 bridgehead atoms. The van der Waals surface area contributed by atoms with E-state index in [2.05, 4.69) is 10.6 Å². The molecule has 0 saturated carbocycles. The molecule has 0 aromatic carbocycles. The molecule has 0 aliphatic heterocycles. The Bertz CT molecular complexity index is 371. The number of rotatable bonds is 7. The van der Waals surface area contributed by atoms with Crippen LogP contribution in [0.3, 0.4) is 0 Å². The Morgan fingerprint density at radius 2 is 1.85 bits per heavy atom. The lowest BCUT2D eigenvalue weighted by atomic mass is 9.94. The van der Waals surface area contributed by atoms with E-state index < -0.39 is 29.5 Å². The average molecular weight is 287 g/mol. The van der Waals surface area contributed by atoms with Crippen molar-refractivity contribution in [3.8, 4) is 0 Å². The van der Waals surface area contributed by atoms with E-state index in [1.807, 2.05) is 6.92 Å². The van der Waals surface area contributed by atoms with Gasteiger partial charge in [-0.1, -0.05) is 27.2 Å². The smallest absolute Gasteiger partial charge is 0.331 e. The van der Waals surface area contributed by atoms with E-state index in [-0.39, 0.29) is 5.92 Å². The molecule has 0 aliphatic carbocycles. The minimum absolute atomic E-state index is 0.161. The molecule has 0 radical (unpaired) electrons. The monoisotopic (exact) mass is 287 g/mol. The number of carbonyl (C=O) groups excluding carboxylic acids is 3. The lowest BCUT2D eigenvalue weighted by Gasteiger charge is -2.30. The molecule has 3 amide bonds. The predicted octanol–water partition coefficient (Wildman–Crippen LogP) is 0.527. The fraction of sp³-hybridized carbons (Fsp3) is 0.769. The molecule has 0 spiro atoms. The molecular weight excluding hydrogens is 262 g/mol. The first-order chi connectivity index (χ1) is 9.17. The van der Waals surface area contributed by atoms with E-state index in [0.717, 1.165) is 0 Å². The van der Waals surface area contributed by atoms with Crippen LogP contribution in [0.5, 0.6) is 0 Å². The second-order valence-corrected chi connectivity index (χ2v) is 5.29. The predicted molar refractivity (Wildman–Crippen MR) is 74.8 cm³/mol. The van der Waals surface area contributed by atoms with Gasteiger partial charge >= 0.3 is 12.0 Å². The van der Waals surface area contributed by atoms with E-state index in [1.54, 1.807) is 20.8 Å². The van der Waals surface area contributed by atoms with Crippen molar-refractivity contribution in [3.63, 3.8) is 0 Å². The quantitative estimate of drug-likeness (QED) is 0.593. The number of carbonyl (C=O) groups is 3. The normalized spacial score (nSPS) is 15.1. The van der Waals surface area contributed by atoms with Crippen LogP contribution in [0.4, 0.5) is 4.79 Å². The second-order valence-electron chi connectivity index (χ2n) is 5.29. The molecule has 0 saturated heterocycles. The van der Waals surface area contributed by atoms with Gasteiger partial charge < -0.3 is 21.1 Å². The fourth-order valence-corrected chi connectivity index (χ4v) is 1.98. The molecule has 20 heavy (non-hydrogen) atoms. The topological polar surface area (TPSA) is 111 Å². The van der Waals surface area contributed by atoms with Crippen LogP contribution in [-0.4, -0.2) is 36.6 Å². The largest absolute Gasteiger partial charge is 0.467 e. The summed E-state index contributed by atoms with van der Waals surface area (Å²) >= 11 is 0. The lowest BCUT2D eigenvalue weighted by molar-refractivity contribution is -0.151. The van der Waals surface area contributed by atoms with Crippen molar-refractivity contribution in [2.24, 2.45) is 11.7 Å². The molecule has 0 aromatic heterocycles. The van der Waals surface area contributed by atoms with Crippen molar-refractivity contribution in [1.29, 1.82) is 0 Å².